The topological polar surface area (TPSA) is 34.1 Å². The van der Waals surface area contributed by atoms with Crippen LogP contribution >= 0.6 is 11.8 Å². The van der Waals surface area contributed by atoms with Crippen LogP contribution in [0, 0.1) is 5.92 Å². The molecule has 4 heteroatoms. The fourth-order valence-corrected chi connectivity index (χ4v) is 2.11. The van der Waals surface area contributed by atoms with Crippen LogP contribution in [0.25, 0.3) is 0 Å². The number of ether oxygens (including phenoxy) is 1. The molecule has 1 aliphatic carbocycles. The lowest BCUT2D eigenvalue weighted by Crippen LogP contribution is -2.27. The van der Waals surface area contributed by atoms with Crippen LogP contribution < -0.4 is 5.32 Å². The van der Waals surface area contributed by atoms with Crippen molar-refractivity contribution < 1.29 is 4.74 Å². The molecular formula is C12H18N2OS. The van der Waals surface area contributed by atoms with Crippen molar-refractivity contribution in [3.05, 3.63) is 18.3 Å². The van der Waals surface area contributed by atoms with Gasteiger partial charge in [0.05, 0.1) is 12.6 Å². The second-order valence-corrected chi connectivity index (χ2v) is 5.01. The van der Waals surface area contributed by atoms with E-state index in [1.165, 1.54) is 17.7 Å². The largest absolute Gasteiger partial charge is 0.383 e. The van der Waals surface area contributed by atoms with Crippen LogP contribution in [0.3, 0.4) is 0 Å². The Morgan fingerprint density at radius 1 is 1.56 bits per heavy atom. The average molecular weight is 238 g/mol. The monoisotopic (exact) mass is 238 g/mol. The Balaban J connectivity index is 1.94. The first-order valence-electron chi connectivity index (χ1n) is 5.59. The molecule has 1 aromatic heterocycles. The van der Waals surface area contributed by atoms with Crippen LogP contribution in [0.4, 0.5) is 5.82 Å². The van der Waals surface area contributed by atoms with E-state index in [-0.39, 0.29) is 0 Å². The van der Waals surface area contributed by atoms with Crippen LogP contribution in [0.1, 0.15) is 12.8 Å². The second-order valence-electron chi connectivity index (χ2n) is 4.13. The van der Waals surface area contributed by atoms with Gasteiger partial charge >= 0.3 is 0 Å². The minimum Gasteiger partial charge on any atom is -0.383 e. The third kappa shape index (κ3) is 3.12. The fourth-order valence-electron chi connectivity index (χ4n) is 1.75. The number of methoxy groups -OCH3 is 1. The number of nitrogens with one attached hydrogen (secondary N) is 1. The molecule has 0 spiro atoms. The van der Waals surface area contributed by atoms with Gasteiger partial charge in [0.15, 0.2) is 0 Å². The van der Waals surface area contributed by atoms with Crippen molar-refractivity contribution in [2.75, 3.05) is 25.3 Å². The summed E-state index contributed by atoms with van der Waals surface area (Å²) in [6.07, 6.45) is 6.58. The van der Waals surface area contributed by atoms with Gasteiger partial charge < -0.3 is 10.1 Å². The lowest BCUT2D eigenvalue weighted by molar-refractivity contribution is 0.179. The highest BCUT2D eigenvalue weighted by Gasteiger charge is 2.31. The summed E-state index contributed by atoms with van der Waals surface area (Å²) in [4.78, 5) is 5.59. The van der Waals surface area contributed by atoms with E-state index in [9.17, 15) is 0 Å². The van der Waals surface area contributed by atoms with E-state index in [1.54, 1.807) is 18.9 Å². The summed E-state index contributed by atoms with van der Waals surface area (Å²) in [5.74, 6) is 1.72. The molecule has 0 saturated heterocycles. The van der Waals surface area contributed by atoms with Crippen LogP contribution in [-0.4, -0.2) is 31.0 Å². The van der Waals surface area contributed by atoms with E-state index >= 15 is 0 Å². The number of pyridine rings is 1. The Morgan fingerprint density at radius 2 is 2.38 bits per heavy atom. The van der Waals surface area contributed by atoms with Gasteiger partial charge in [-0.05, 0) is 37.1 Å². The second kappa shape index (κ2) is 5.55. The number of thioether (sulfide) groups is 1. The lowest BCUT2D eigenvalue weighted by Gasteiger charge is -2.17. The number of rotatable bonds is 6. The summed E-state index contributed by atoms with van der Waals surface area (Å²) in [6.45, 7) is 0.761. The Kier molecular flexibility index (Phi) is 4.07. The molecule has 0 bridgehead atoms. The molecule has 1 aliphatic rings. The van der Waals surface area contributed by atoms with Gasteiger partial charge in [-0.25, -0.2) is 4.98 Å². The summed E-state index contributed by atoms with van der Waals surface area (Å²) in [7, 11) is 1.75. The van der Waals surface area contributed by atoms with E-state index in [0.29, 0.717) is 6.04 Å². The van der Waals surface area contributed by atoms with Gasteiger partial charge in [-0.15, -0.1) is 11.8 Å². The predicted molar refractivity (Wildman–Crippen MR) is 68.0 cm³/mol. The number of anilines is 1. The molecule has 1 heterocycles. The van der Waals surface area contributed by atoms with Gasteiger partial charge in [-0.3, -0.25) is 0 Å². The van der Waals surface area contributed by atoms with Gasteiger partial charge in [0.25, 0.3) is 0 Å². The zero-order valence-corrected chi connectivity index (χ0v) is 10.6. The molecule has 1 atom stereocenters. The first-order valence-corrected chi connectivity index (χ1v) is 6.81. The maximum atomic E-state index is 5.23. The minimum atomic E-state index is 0.414. The van der Waals surface area contributed by atoms with Crippen molar-refractivity contribution in [3.63, 3.8) is 0 Å². The normalized spacial score (nSPS) is 17.1. The molecule has 0 aliphatic heterocycles. The molecule has 1 aromatic rings. The van der Waals surface area contributed by atoms with Gasteiger partial charge in [0.1, 0.15) is 5.82 Å². The van der Waals surface area contributed by atoms with Crippen LogP contribution in [0.2, 0.25) is 0 Å². The zero-order valence-electron chi connectivity index (χ0n) is 9.77. The molecule has 1 fully saturated rings. The van der Waals surface area contributed by atoms with Crippen molar-refractivity contribution in [1.82, 2.24) is 4.98 Å². The molecule has 16 heavy (non-hydrogen) atoms. The number of hydrogen-bond acceptors (Lipinski definition) is 4. The van der Waals surface area contributed by atoms with Crippen molar-refractivity contribution in [2.24, 2.45) is 5.92 Å². The van der Waals surface area contributed by atoms with Crippen LogP contribution in [-0.2, 0) is 4.74 Å². The van der Waals surface area contributed by atoms with E-state index in [2.05, 4.69) is 22.6 Å². The van der Waals surface area contributed by atoms with Gasteiger partial charge in [0.2, 0.25) is 0 Å². The standard InChI is InChI=1S/C12H18N2OS/c1-15-8-11(9-3-4-9)14-12-6-5-10(16-2)7-13-12/h5-7,9,11H,3-4,8H2,1-2H3,(H,13,14). The third-order valence-corrected chi connectivity index (χ3v) is 3.56. The van der Waals surface area contributed by atoms with Gasteiger partial charge in [0, 0.05) is 18.2 Å². The summed E-state index contributed by atoms with van der Waals surface area (Å²) >= 11 is 1.71. The first kappa shape index (κ1) is 11.7. The Morgan fingerprint density at radius 3 is 2.88 bits per heavy atom. The van der Waals surface area contributed by atoms with Crippen molar-refractivity contribution >= 4 is 17.6 Å². The van der Waals surface area contributed by atoms with Crippen molar-refractivity contribution in [1.29, 1.82) is 0 Å². The highest BCUT2D eigenvalue weighted by Crippen LogP contribution is 2.34. The van der Waals surface area contributed by atoms with E-state index in [0.717, 1.165) is 18.3 Å². The third-order valence-electron chi connectivity index (χ3n) is 2.84. The molecule has 3 nitrogen and oxygen atoms in total. The predicted octanol–water partition coefficient (Wildman–Crippen LogP) is 2.64. The highest BCUT2D eigenvalue weighted by atomic mass is 32.2. The molecule has 0 radical (unpaired) electrons. The highest BCUT2D eigenvalue weighted by molar-refractivity contribution is 7.98. The SMILES string of the molecule is COCC(Nc1ccc(SC)cn1)C1CC1. The maximum Gasteiger partial charge on any atom is 0.126 e. The summed E-state index contributed by atoms with van der Waals surface area (Å²) in [5.41, 5.74) is 0. The first-order chi connectivity index (χ1) is 7.83. The molecule has 1 N–H and O–H groups in total. The summed E-state index contributed by atoms with van der Waals surface area (Å²) < 4.78 is 5.23. The smallest absolute Gasteiger partial charge is 0.126 e. The summed E-state index contributed by atoms with van der Waals surface area (Å²) in [5, 5.41) is 3.45. The molecule has 1 unspecified atom stereocenters. The maximum absolute atomic E-state index is 5.23. The lowest BCUT2D eigenvalue weighted by atomic mass is 10.2. The van der Waals surface area contributed by atoms with Gasteiger partial charge in [-0.1, -0.05) is 0 Å². The Hall–Kier alpha value is -0.740. The fraction of sp³-hybridized carbons (Fsp3) is 0.583. The molecular weight excluding hydrogens is 220 g/mol. The van der Waals surface area contributed by atoms with Crippen molar-refractivity contribution in [3.8, 4) is 0 Å². The zero-order chi connectivity index (χ0) is 11.4. The van der Waals surface area contributed by atoms with E-state index in [1.807, 2.05) is 12.3 Å². The van der Waals surface area contributed by atoms with Crippen LogP contribution in [0.5, 0.6) is 0 Å². The molecule has 2 rings (SSSR count). The molecule has 1 saturated carbocycles. The van der Waals surface area contributed by atoms with Crippen LogP contribution in [0.15, 0.2) is 23.2 Å². The Labute approximate surface area is 101 Å². The molecule has 0 amide bonds. The number of nitrogens with zero attached hydrogens (tertiary/aromatic N) is 1. The number of aromatic nitrogens is 1. The van der Waals surface area contributed by atoms with Crippen molar-refractivity contribution in [2.45, 2.75) is 23.8 Å². The summed E-state index contributed by atoms with van der Waals surface area (Å²) in [6, 6.07) is 4.55. The average Bonchev–Trinajstić information content (AvgIpc) is 3.13. The van der Waals surface area contributed by atoms with Gasteiger partial charge in [-0.2, -0.15) is 0 Å². The minimum absolute atomic E-state index is 0.414. The Bertz CT molecular complexity index is 324. The molecule has 0 aromatic carbocycles. The number of hydrogen-bond donors (Lipinski definition) is 1. The quantitative estimate of drug-likeness (QED) is 0.773. The van der Waals surface area contributed by atoms with E-state index < -0.39 is 0 Å². The van der Waals surface area contributed by atoms with E-state index in [4.69, 9.17) is 4.74 Å². The molecule has 88 valence electrons.